The molecule has 1 aliphatic rings. The number of carboxylic acids is 1. The number of hydrogen-bond acceptors (Lipinski definition) is 2. The van der Waals surface area contributed by atoms with Gasteiger partial charge < -0.3 is 10.4 Å². The Morgan fingerprint density at radius 3 is 2.55 bits per heavy atom. The van der Waals surface area contributed by atoms with E-state index in [2.05, 4.69) is 11.4 Å². The molecule has 0 fully saturated rings. The molecule has 0 amide bonds. The molecule has 0 bridgehead atoms. The average molecular weight is 336 g/mol. The normalized spacial score (nSPS) is 13.0. The summed E-state index contributed by atoms with van der Waals surface area (Å²) in [5.74, 6) is -0.898. The van der Waals surface area contributed by atoms with Gasteiger partial charge in [0.15, 0.2) is 0 Å². The fourth-order valence-electron chi connectivity index (χ4n) is 2.83. The second kappa shape index (κ2) is 6.19. The lowest BCUT2D eigenvalue weighted by Gasteiger charge is -2.14. The van der Waals surface area contributed by atoms with Gasteiger partial charge in [-0.2, -0.15) is 0 Å². The van der Waals surface area contributed by atoms with Crippen molar-refractivity contribution in [3.8, 4) is 0 Å². The average Bonchev–Trinajstić information content (AvgIpc) is 2.88. The molecule has 0 saturated carbocycles. The number of anilines is 2. The molecule has 0 spiro atoms. The first-order valence-electron chi connectivity index (χ1n) is 7.11. The molecule has 114 valence electrons. The van der Waals surface area contributed by atoms with Gasteiger partial charge in [-0.15, -0.1) is 0 Å². The molecule has 5 heteroatoms. The van der Waals surface area contributed by atoms with E-state index in [1.54, 1.807) is 18.2 Å². The Hall–Kier alpha value is -1.71. The van der Waals surface area contributed by atoms with Gasteiger partial charge in [0.25, 0.3) is 0 Å². The Balaban J connectivity index is 1.95. The van der Waals surface area contributed by atoms with Gasteiger partial charge in [0, 0.05) is 10.7 Å². The Bertz CT molecular complexity index is 744. The van der Waals surface area contributed by atoms with Crippen molar-refractivity contribution in [3.63, 3.8) is 0 Å². The summed E-state index contributed by atoms with van der Waals surface area (Å²) in [6.45, 7) is 0. The molecular formula is C17H15Cl2NO2. The number of aryl methyl sites for hydroxylation is 2. The highest BCUT2D eigenvalue weighted by Gasteiger charge is 2.15. The lowest BCUT2D eigenvalue weighted by Crippen LogP contribution is -2.04. The summed E-state index contributed by atoms with van der Waals surface area (Å²) in [6.07, 6.45) is 3.19. The van der Waals surface area contributed by atoms with Crippen molar-refractivity contribution in [1.29, 1.82) is 0 Å². The predicted molar refractivity (Wildman–Crippen MR) is 89.6 cm³/mol. The minimum absolute atomic E-state index is 0.0918. The van der Waals surface area contributed by atoms with Crippen LogP contribution in [0.25, 0.3) is 0 Å². The lowest BCUT2D eigenvalue weighted by molar-refractivity contribution is -0.136. The van der Waals surface area contributed by atoms with E-state index >= 15 is 0 Å². The molecule has 1 aliphatic carbocycles. The number of hydrogen-bond donors (Lipinski definition) is 2. The quantitative estimate of drug-likeness (QED) is 0.839. The number of rotatable bonds is 4. The summed E-state index contributed by atoms with van der Waals surface area (Å²) in [6, 6.07) is 9.24. The maximum absolute atomic E-state index is 11.0. The first-order valence-corrected chi connectivity index (χ1v) is 7.87. The smallest absolute Gasteiger partial charge is 0.307 e. The Labute approximate surface area is 138 Å². The van der Waals surface area contributed by atoms with E-state index in [0.717, 1.165) is 24.9 Å². The second-order valence-electron chi connectivity index (χ2n) is 5.45. The highest BCUT2D eigenvalue weighted by molar-refractivity contribution is 6.33. The number of nitrogens with one attached hydrogen (secondary N) is 1. The van der Waals surface area contributed by atoms with Crippen LogP contribution in [-0.4, -0.2) is 11.1 Å². The van der Waals surface area contributed by atoms with Crippen molar-refractivity contribution in [3.05, 3.63) is 57.1 Å². The summed E-state index contributed by atoms with van der Waals surface area (Å²) >= 11 is 12.3. The van der Waals surface area contributed by atoms with Crippen LogP contribution in [0.1, 0.15) is 23.1 Å². The van der Waals surface area contributed by atoms with Crippen molar-refractivity contribution >= 4 is 40.5 Å². The molecule has 0 unspecified atom stereocenters. The molecule has 2 aromatic carbocycles. The summed E-state index contributed by atoms with van der Waals surface area (Å²) in [4.78, 5) is 11.0. The Morgan fingerprint density at radius 2 is 1.82 bits per heavy atom. The van der Waals surface area contributed by atoms with Crippen LogP contribution >= 0.6 is 23.2 Å². The number of carboxylic acid groups (broad SMARTS) is 1. The summed E-state index contributed by atoms with van der Waals surface area (Å²) in [7, 11) is 0. The van der Waals surface area contributed by atoms with Gasteiger partial charge in [-0.3, -0.25) is 4.79 Å². The van der Waals surface area contributed by atoms with E-state index in [1.165, 1.54) is 11.1 Å². The van der Waals surface area contributed by atoms with Crippen LogP contribution in [0.4, 0.5) is 11.4 Å². The Morgan fingerprint density at radius 1 is 1.09 bits per heavy atom. The maximum Gasteiger partial charge on any atom is 0.307 e. The number of benzene rings is 2. The van der Waals surface area contributed by atoms with Crippen molar-refractivity contribution in [1.82, 2.24) is 0 Å². The van der Waals surface area contributed by atoms with Crippen molar-refractivity contribution in [2.75, 3.05) is 5.32 Å². The highest BCUT2D eigenvalue weighted by Crippen LogP contribution is 2.34. The molecule has 3 rings (SSSR count). The van der Waals surface area contributed by atoms with Gasteiger partial charge in [-0.1, -0.05) is 23.2 Å². The first kappa shape index (κ1) is 15.2. The van der Waals surface area contributed by atoms with Crippen LogP contribution in [0.2, 0.25) is 10.0 Å². The number of aliphatic carboxylic acids is 1. The molecule has 0 radical (unpaired) electrons. The van der Waals surface area contributed by atoms with Gasteiger partial charge in [-0.25, -0.2) is 0 Å². The third-order valence-electron chi connectivity index (χ3n) is 3.86. The van der Waals surface area contributed by atoms with Gasteiger partial charge >= 0.3 is 5.97 Å². The largest absolute Gasteiger partial charge is 0.481 e. The van der Waals surface area contributed by atoms with E-state index in [4.69, 9.17) is 28.3 Å². The van der Waals surface area contributed by atoms with Crippen LogP contribution in [-0.2, 0) is 24.1 Å². The summed E-state index contributed by atoms with van der Waals surface area (Å²) in [5.41, 5.74) is 4.76. The van der Waals surface area contributed by atoms with Gasteiger partial charge in [0.2, 0.25) is 0 Å². The first-order chi connectivity index (χ1) is 10.5. The van der Waals surface area contributed by atoms with E-state index in [9.17, 15) is 4.79 Å². The molecule has 3 nitrogen and oxygen atoms in total. The van der Waals surface area contributed by atoms with Gasteiger partial charge in [-0.05, 0) is 66.3 Å². The number of halogens is 2. The number of carbonyl (C=O) groups is 1. The molecule has 2 aromatic rings. The zero-order valence-corrected chi connectivity index (χ0v) is 13.3. The number of fused-ring (bicyclic) bond motifs is 1. The fraction of sp³-hybridized carbons (Fsp3) is 0.235. The molecule has 0 saturated heterocycles. The molecule has 2 N–H and O–H groups in total. The van der Waals surface area contributed by atoms with Crippen LogP contribution < -0.4 is 5.32 Å². The van der Waals surface area contributed by atoms with Crippen LogP contribution in [0.15, 0.2) is 30.3 Å². The highest BCUT2D eigenvalue weighted by atomic mass is 35.5. The van der Waals surface area contributed by atoms with E-state index in [-0.39, 0.29) is 6.42 Å². The predicted octanol–water partition coefficient (Wildman–Crippen LogP) is 4.85. The molecular weight excluding hydrogens is 321 g/mol. The lowest BCUT2D eigenvalue weighted by atomic mass is 10.1. The SMILES string of the molecule is O=C(O)Cc1cc(Cl)ccc1Nc1cc2c(cc1Cl)CCC2. The monoisotopic (exact) mass is 335 g/mol. The third kappa shape index (κ3) is 3.21. The van der Waals surface area contributed by atoms with Crippen LogP contribution in [0, 0.1) is 0 Å². The van der Waals surface area contributed by atoms with E-state index < -0.39 is 5.97 Å². The minimum Gasteiger partial charge on any atom is -0.481 e. The molecule has 0 aliphatic heterocycles. The summed E-state index contributed by atoms with van der Waals surface area (Å²) < 4.78 is 0. The minimum atomic E-state index is -0.898. The van der Waals surface area contributed by atoms with Crippen LogP contribution in [0.3, 0.4) is 0 Å². The second-order valence-corrected chi connectivity index (χ2v) is 6.29. The van der Waals surface area contributed by atoms with Crippen LogP contribution in [0.5, 0.6) is 0 Å². The third-order valence-corrected chi connectivity index (χ3v) is 4.41. The van der Waals surface area contributed by atoms with Crippen molar-refractivity contribution in [2.45, 2.75) is 25.7 Å². The topological polar surface area (TPSA) is 49.3 Å². The molecule has 0 heterocycles. The van der Waals surface area contributed by atoms with Gasteiger partial charge in [0.05, 0.1) is 17.1 Å². The molecule has 0 atom stereocenters. The zero-order chi connectivity index (χ0) is 15.7. The molecule has 22 heavy (non-hydrogen) atoms. The van der Waals surface area contributed by atoms with Crippen molar-refractivity contribution < 1.29 is 9.90 Å². The Kier molecular flexibility index (Phi) is 4.27. The zero-order valence-electron chi connectivity index (χ0n) is 11.8. The fourth-order valence-corrected chi connectivity index (χ4v) is 3.26. The standard InChI is InChI=1S/C17H15Cl2NO2/c18-13-4-5-15(12(6-13)9-17(21)22)20-16-8-11-3-1-2-10(11)7-14(16)19/h4-8,20H,1-3,9H2,(H,21,22). The molecule has 0 aromatic heterocycles. The van der Waals surface area contributed by atoms with Gasteiger partial charge in [0.1, 0.15) is 0 Å². The van der Waals surface area contributed by atoms with E-state index in [1.807, 2.05) is 6.07 Å². The summed E-state index contributed by atoms with van der Waals surface area (Å²) in [5, 5.41) is 13.4. The van der Waals surface area contributed by atoms with E-state index in [0.29, 0.717) is 21.3 Å². The van der Waals surface area contributed by atoms with Crippen molar-refractivity contribution in [2.24, 2.45) is 0 Å². The maximum atomic E-state index is 11.0.